The van der Waals surface area contributed by atoms with E-state index in [-0.39, 0.29) is 12.0 Å². The van der Waals surface area contributed by atoms with Crippen molar-refractivity contribution >= 4 is 11.8 Å². The molecule has 2 rings (SSSR count). The molecule has 2 fully saturated rings. The second-order valence-corrected chi connectivity index (χ2v) is 6.53. The van der Waals surface area contributed by atoms with Gasteiger partial charge in [-0.25, -0.2) is 0 Å². The maximum absolute atomic E-state index is 10.9. The van der Waals surface area contributed by atoms with Crippen molar-refractivity contribution in [2.45, 2.75) is 31.3 Å². The van der Waals surface area contributed by atoms with Gasteiger partial charge in [-0.15, -0.1) is 0 Å². The predicted molar refractivity (Wildman–Crippen MR) is 67.8 cm³/mol. The fourth-order valence-electron chi connectivity index (χ4n) is 3.03. The lowest BCUT2D eigenvalue weighted by Crippen LogP contribution is -2.51. The van der Waals surface area contributed by atoms with Gasteiger partial charge in [0.2, 0.25) is 0 Å². The number of thioether (sulfide) groups is 1. The molecule has 0 aromatic heterocycles. The van der Waals surface area contributed by atoms with Crippen LogP contribution in [0.1, 0.15) is 25.7 Å². The molecule has 0 aromatic rings. The Hall–Kier alpha value is 0.230. The highest BCUT2D eigenvalue weighted by molar-refractivity contribution is 7.99. The van der Waals surface area contributed by atoms with Crippen LogP contribution in [0.3, 0.4) is 0 Å². The van der Waals surface area contributed by atoms with Gasteiger partial charge in [0.1, 0.15) is 0 Å². The zero-order valence-electron chi connectivity index (χ0n) is 10.1. The van der Waals surface area contributed by atoms with Gasteiger partial charge in [-0.1, -0.05) is 0 Å². The second kappa shape index (κ2) is 4.84. The van der Waals surface area contributed by atoms with Crippen molar-refractivity contribution in [2.24, 2.45) is 5.41 Å². The average Bonchev–Trinajstić information content (AvgIpc) is 2.70. The van der Waals surface area contributed by atoms with Gasteiger partial charge in [0, 0.05) is 17.7 Å². The van der Waals surface area contributed by atoms with Crippen molar-refractivity contribution in [3.63, 3.8) is 0 Å². The number of aliphatic hydroxyl groups is 2. The van der Waals surface area contributed by atoms with Crippen LogP contribution >= 0.6 is 11.8 Å². The van der Waals surface area contributed by atoms with Crippen LogP contribution in [-0.2, 0) is 0 Å². The topological polar surface area (TPSA) is 43.7 Å². The summed E-state index contributed by atoms with van der Waals surface area (Å²) in [5.74, 6) is 2.00. The Morgan fingerprint density at radius 3 is 2.69 bits per heavy atom. The molecule has 2 heterocycles. The average molecular weight is 245 g/mol. The van der Waals surface area contributed by atoms with Crippen molar-refractivity contribution in [1.29, 1.82) is 0 Å². The summed E-state index contributed by atoms with van der Waals surface area (Å²) in [6.07, 6.45) is 3.66. The minimum absolute atomic E-state index is 0.139. The summed E-state index contributed by atoms with van der Waals surface area (Å²) >= 11 is 1.87. The number of hydrogen-bond donors (Lipinski definition) is 2. The molecular formula is C12H23NO2S. The Morgan fingerprint density at radius 2 is 2.06 bits per heavy atom. The predicted octanol–water partition coefficient (Wildman–Crippen LogP) is 0.949. The molecule has 0 aliphatic carbocycles. The van der Waals surface area contributed by atoms with Crippen molar-refractivity contribution < 1.29 is 10.2 Å². The van der Waals surface area contributed by atoms with Crippen LogP contribution in [0.5, 0.6) is 0 Å². The zero-order chi connectivity index (χ0) is 11.6. The molecule has 2 N–H and O–H groups in total. The fraction of sp³-hybridized carbons (Fsp3) is 1.00. The van der Waals surface area contributed by atoms with Gasteiger partial charge >= 0.3 is 0 Å². The van der Waals surface area contributed by atoms with E-state index in [1.807, 2.05) is 11.8 Å². The quantitative estimate of drug-likeness (QED) is 0.760. The lowest BCUT2D eigenvalue weighted by molar-refractivity contribution is -0.104. The van der Waals surface area contributed by atoms with Gasteiger partial charge in [-0.05, 0) is 45.0 Å². The number of likely N-dealkylation sites (tertiary alicyclic amines) is 1. The molecule has 0 amide bonds. The molecule has 0 bridgehead atoms. The Balaban J connectivity index is 2.15. The van der Waals surface area contributed by atoms with E-state index in [2.05, 4.69) is 11.9 Å². The van der Waals surface area contributed by atoms with Crippen LogP contribution in [0.2, 0.25) is 0 Å². The van der Waals surface area contributed by atoms with Gasteiger partial charge < -0.3 is 15.1 Å². The van der Waals surface area contributed by atoms with Crippen LogP contribution in [0.4, 0.5) is 0 Å². The van der Waals surface area contributed by atoms with E-state index in [1.165, 1.54) is 0 Å². The number of hydrogen-bond acceptors (Lipinski definition) is 4. The van der Waals surface area contributed by atoms with Crippen molar-refractivity contribution in [1.82, 2.24) is 4.90 Å². The minimum atomic E-state index is -0.643. The Morgan fingerprint density at radius 1 is 1.25 bits per heavy atom. The molecule has 94 valence electrons. The summed E-state index contributed by atoms with van der Waals surface area (Å²) in [6, 6.07) is 0. The number of rotatable bonds is 2. The molecule has 2 aliphatic rings. The van der Waals surface area contributed by atoms with Crippen molar-refractivity contribution in [3.05, 3.63) is 0 Å². The van der Waals surface area contributed by atoms with E-state index in [0.29, 0.717) is 0 Å². The van der Waals surface area contributed by atoms with Crippen LogP contribution < -0.4 is 0 Å². The van der Waals surface area contributed by atoms with Gasteiger partial charge in [0.25, 0.3) is 0 Å². The molecule has 0 saturated carbocycles. The van der Waals surface area contributed by atoms with Crippen molar-refractivity contribution in [3.8, 4) is 0 Å². The lowest BCUT2D eigenvalue weighted by atomic mass is 9.68. The molecule has 2 saturated heterocycles. The lowest BCUT2D eigenvalue weighted by Gasteiger charge is -2.43. The summed E-state index contributed by atoms with van der Waals surface area (Å²) in [6.45, 7) is 2.15. The molecule has 0 radical (unpaired) electrons. The van der Waals surface area contributed by atoms with Gasteiger partial charge in [0.05, 0.1) is 12.2 Å². The summed E-state index contributed by atoms with van der Waals surface area (Å²) in [5.41, 5.74) is -0.876. The second-order valence-electron chi connectivity index (χ2n) is 5.43. The SMILES string of the molecule is CN1CCCC(O)(C2(CO)CCSC2)CC1. The third-order valence-corrected chi connectivity index (χ3v) is 5.68. The Bertz CT molecular complexity index is 243. The molecule has 2 atom stereocenters. The third-order valence-electron chi connectivity index (χ3n) is 4.43. The van der Waals surface area contributed by atoms with Gasteiger partial charge in [-0.3, -0.25) is 0 Å². The summed E-state index contributed by atoms with van der Waals surface area (Å²) in [7, 11) is 2.11. The van der Waals surface area contributed by atoms with E-state index in [1.54, 1.807) is 0 Å². The van der Waals surface area contributed by atoms with Crippen LogP contribution in [0.25, 0.3) is 0 Å². The summed E-state index contributed by atoms with van der Waals surface area (Å²) in [5, 5.41) is 20.6. The number of nitrogens with zero attached hydrogens (tertiary/aromatic N) is 1. The molecule has 4 heteroatoms. The number of aliphatic hydroxyl groups excluding tert-OH is 1. The molecule has 0 aromatic carbocycles. The highest BCUT2D eigenvalue weighted by atomic mass is 32.2. The molecule has 16 heavy (non-hydrogen) atoms. The molecular weight excluding hydrogens is 222 g/mol. The van der Waals surface area contributed by atoms with E-state index in [0.717, 1.165) is 50.3 Å². The first-order valence-electron chi connectivity index (χ1n) is 6.21. The van der Waals surface area contributed by atoms with E-state index in [9.17, 15) is 10.2 Å². The maximum atomic E-state index is 10.9. The van der Waals surface area contributed by atoms with Crippen LogP contribution in [0.15, 0.2) is 0 Å². The standard InChI is InChI=1S/C12H23NO2S/c1-13-6-2-3-12(15,4-7-13)11(9-14)5-8-16-10-11/h14-15H,2-10H2,1H3. The van der Waals surface area contributed by atoms with Crippen LogP contribution in [0, 0.1) is 5.41 Å². The fourth-order valence-corrected chi connectivity index (χ4v) is 4.60. The highest BCUT2D eigenvalue weighted by Gasteiger charge is 2.51. The smallest absolute Gasteiger partial charge is 0.0746 e. The third kappa shape index (κ3) is 2.13. The minimum Gasteiger partial charge on any atom is -0.396 e. The monoisotopic (exact) mass is 245 g/mol. The Labute approximate surface area is 102 Å². The van der Waals surface area contributed by atoms with E-state index >= 15 is 0 Å². The first kappa shape index (κ1) is 12.7. The van der Waals surface area contributed by atoms with E-state index < -0.39 is 5.60 Å². The first-order valence-corrected chi connectivity index (χ1v) is 7.37. The largest absolute Gasteiger partial charge is 0.396 e. The highest BCUT2D eigenvalue weighted by Crippen LogP contribution is 2.48. The molecule has 2 aliphatic heterocycles. The molecule has 2 unspecified atom stereocenters. The first-order chi connectivity index (χ1) is 7.62. The summed E-state index contributed by atoms with van der Waals surface area (Å²) in [4.78, 5) is 2.28. The van der Waals surface area contributed by atoms with Crippen molar-refractivity contribution in [2.75, 3.05) is 38.2 Å². The maximum Gasteiger partial charge on any atom is 0.0746 e. The Kier molecular flexibility index (Phi) is 3.84. The van der Waals surface area contributed by atoms with Gasteiger partial charge in [0.15, 0.2) is 0 Å². The van der Waals surface area contributed by atoms with Crippen LogP contribution in [-0.4, -0.2) is 59.0 Å². The molecule has 0 spiro atoms. The zero-order valence-corrected chi connectivity index (χ0v) is 10.9. The summed E-state index contributed by atoms with van der Waals surface area (Å²) < 4.78 is 0. The van der Waals surface area contributed by atoms with E-state index in [4.69, 9.17) is 0 Å². The van der Waals surface area contributed by atoms with Gasteiger partial charge in [-0.2, -0.15) is 11.8 Å². The normalized spacial score (nSPS) is 42.2. The molecule has 3 nitrogen and oxygen atoms in total.